The number of hydrogen-bond donors (Lipinski definition) is 0. The summed E-state index contributed by atoms with van der Waals surface area (Å²) in [6, 6.07) is 18.5. The average Bonchev–Trinajstić information content (AvgIpc) is 3.09. The van der Waals surface area contributed by atoms with Crippen molar-refractivity contribution in [2.45, 2.75) is 18.0 Å². The van der Waals surface area contributed by atoms with Gasteiger partial charge >= 0.3 is 0 Å². The van der Waals surface area contributed by atoms with Crippen molar-refractivity contribution in [2.24, 2.45) is 0 Å². The molecule has 0 aliphatic heterocycles. The van der Waals surface area contributed by atoms with Gasteiger partial charge in [-0.2, -0.15) is 0 Å². The van der Waals surface area contributed by atoms with E-state index in [1.54, 1.807) is 30.2 Å². The number of thiazole rings is 1. The third-order valence-corrected chi connectivity index (χ3v) is 5.76. The molecule has 0 aliphatic carbocycles. The van der Waals surface area contributed by atoms with Crippen LogP contribution in [0.5, 0.6) is 5.75 Å². The summed E-state index contributed by atoms with van der Waals surface area (Å²) in [6.45, 7) is 0. The lowest BCUT2D eigenvalue weighted by atomic mass is 10.1. The molecular formula is C21H19N3OS2. The lowest BCUT2D eigenvalue weighted by molar-refractivity contribution is 0.415. The van der Waals surface area contributed by atoms with Crippen LogP contribution in [-0.2, 0) is 12.8 Å². The summed E-state index contributed by atoms with van der Waals surface area (Å²) in [5.74, 6) is 0.856. The van der Waals surface area contributed by atoms with E-state index in [1.165, 1.54) is 5.56 Å². The molecule has 2 aromatic carbocycles. The number of rotatable bonds is 6. The van der Waals surface area contributed by atoms with Crippen LogP contribution in [0.3, 0.4) is 0 Å². The molecule has 0 N–H and O–H groups in total. The zero-order valence-electron chi connectivity index (χ0n) is 15.2. The molecule has 136 valence electrons. The fraction of sp³-hybridized carbons (Fsp3) is 0.190. The second kappa shape index (κ2) is 8.06. The van der Waals surface area contributed by atoms with Gasteiger partial charge in [0.15, 0.2) is 5.16 Å². The summed E-state index contributed by atoms with van der Waals surface area (Å²) < 4.78 is 6.44. The first-order chi connectivity index (χ1) is 13.2. The van der Waals surface area contributed by atoms with Crippen LogP contribution in [-0.4, -0.2) is 28.3 Å². The number of methoxy groups -OCH3 is 1. The molecule has 4 aromatic rings. The maximum atomic E-state index is 5.31. The number of thioether (sulfide) groups is 1. The Morgan fingerprint density at radius 3 is 2.44 bits per heavy atom. The minimum absolute atomic E-state index is 0.708. The van der Waals surface area contributed by atoms with Crippen molar-refractivity contribution in [1.29, 1.82) is 0 Å². The van der Waals surface area contributed by atoms with E-state index < -0.39 is 0 Å². The van der Waals surface area contributed by atoms with Gasteiger partial charge in [-0.15, -0.1) is 11.3 Å². The number of nitrogens with zero attached hydrogens (tertiary/aromatic N) is 3. The summed E-state index contributed by atoms with van der Waals surface area (Å²) >= 11 is 3.26. The molecule has 0 saturated carbocycles. The van der Waals surface area contributed by atoms with Gasteiger partial charge in [-0.05, 0) is 36.1 Å². The average molecular weight is 394 g/mol. The van der Waals surface area contributed by atoms with Crippen LogP contribution in [0, 0.1) is 0 Å². The highest BCUT2D eigenvalue weighted by Crippen LogP contribution is 2.27. The van der Waals surface area contributed by atoms with E-state index in [0.29, 0.717) is 6.42 Å². The molecule has 2 heterocycles. The predicted molar refractivity (Wildman–Crippen MR) is 112 cm³/mol. The zero-order chi connectivity index (χ0) is 18.6. The smallest absolute Gasteiger partial charge is 0.187 e. The van der Waals surface area contributed by atoms with Gasteiger partial charge in [-0.25, -0.2) is 15.0 Å². The zero-order valence-corrected chi connectivity index (χ0v) is 16.8. The molecule has 0 unspecified atom stereocenters. The van der Waals surface area contributed by atoms with E-state index in [9.17, 15) is 0 Å². The van der Waals surface area contributed by atoms with Gasteiger partial charge in [-0.1, -0.05) is 42.1 Å². The van der Waals surface area contributed by atoms with Crippen LogP contribution in [0.15, 0.2) is 59.8 Å². The van der Waals surface area contributed by atoms with Crippen LogP contribution >= 0.6 is 23.1 Å². The highest BCUT2D eigenvalue weighted by molar-refractivity contribution is 7.98. The van der Waals surface area contributed by atoms with E-state index in [4.69, 9.17) is 9.72 Å². The first-order valence-electron chi connectivity index (χ1n) is 8.61. The van der Waals surface area contributed by atoms with Crippen LogP contribution in [0.1, 0.15) is 22.0 Å². The third-order valence-electron chi connectivity index (χ3n) is 4.19. The van der Waals surface area contributed by atoms with Crippen LogP contribution in [0.2, 0.25) is 0 Å². The van der Waals surface area contributed by atoms with Crippen LogP contribution < -0.4 is 4.74 Å². The van der Waals surface area contributed by atoms with Crippen molar-refractivity contribution in [3.63, 3.8) is 0 Å². The van der Waals surface area contributed by atoms with Gasteiger partial charge in [0, 0.05) is 18.5 Å². The Bertz CT molecular complexity index is 1060. The van der Waals surface area contributed by atoms with E-state index in [-0.39, 0.29) is 0 Å². The van der Waals surface area contributed by atoms with Crippen LogP contribution in [0.25, 0.3) is 10.2 Å². The standard InChI is InChI=1S/C21H19N3OS2/c1-25-17-8-9-18-19(13-17)27-20(24-18)12-16-11-15(22-21(23-16)26-2)10-14-6-4-3-5-7-14/h3-9,11,13H,10,12H2,1-2H3. The number of fused-ring (bicyclic) bond motifs is 1. The topological polar surface area (TPSA) is 47.9 Å². The maximum Gasteiger partial charge on any atom is 0.187 e. The minimum atomic E-state index is 0.708. The Morgan fingerprint density at radius 1 is 0.926 bits per heavy atom. The van der Waals surface area contributed by atoms with Gasteiger partial charge in [0.1, 0.15) is 5.75 Å². The quantitative estimate of drug-likeness (QED) is 0.341. The van der Waals surface area contributed by atoms with Gasteiger partial charge in [0.2, 0.25) is 0 Å². The molecule has 0 saturated heterocycles. The molecule has 0 spiro atoms. The highest BCUT2D eigenvalue weighted by Gasteiger charge is 2.10. The highest BCUT2D eigenvalue weighted by atomic mass is 32.2. The summed E-state index contributed by atoms with van der Waals surface area (Å²) in [5, 5.41) is 1.86. The summed E-state index contributed by atoms with van der Waals surface area (Å²) in [4.78, 5) is 14.1. The minimum Gasteiger partial charge on any atom is -0.497 e. The molecule has 0 fully saturated rings. The first-order valence-corrected chi connectivity index (χ1v) is 10.7. The van der Waals surface area contributed by atoms with Gasteiger partial charge in [0.05, 0.1) is 28.0 Å². The van der Waals surface area contributed by atoms with E-state index in [0.717, 1.165) is 43.9 Å². The Kier molecular flexibility index (Phi) is 5.36. The third kappa shape index (κ3) is 4.28. The largest absolute Gasteiger partial charge is 0.497 e. The normalized spacial score (nSPS) is 11.0. The van der Waals surface area contributed by atoms with E-state index in [1.807, 2.05) is 30.5 Å². The fourth-order valence-corrected chi connectivity index (χ4v) is 4.34. The van der Waals surface area contributed by atoms with Gasteiger partial charge in [0.25, 0.3) is 0 Å². The molecule has 0 radical (unpaired) electrons. The number of benzene rings is 2. The van der Waals surface area contributed by atoms with Gasteiger partial charge < -0.3 is 4.74 Å². The Labute approximate surface area is 166 Å². The van der Waals surface area contributed by atoms with Crippen molar-refractivity contribution in [2.75, 3.05) is 13.4 Å². The fourth-order valence-electron chi connectivity index (χ4n) is 2.92. The Hall–Kier alpha value is -2.44. The second-order valence-corrected chi connectivity index (χ2v) is 8.01. The number of hydrogen-bond acceptors (Lipinski definition) is 6. The molecule has 0 bridgehead atoms. The molecule has 2 aromatic heterocycles. The summed E-state index contributed by atoms with van der Waals surface area (Å²) in [6.07, 6.45) is 3.52. The van der Waals surface area contributed by atoms with Crippen molar-refractivity contribution in [1.82, 2.24) is 15.0 Å². The number of ether oxygens (including phenoxy) is 1. The lowest BCUT2D eigenvalue weighted by Gasteiger charge is -2.06. The van der Waals surface area contributed by atoms with Crippen molar-refractivity contribution in [3.05, 3.63) is 76.6 Å². The van der Waals surface area contributed by atoms with Crippen molar-refractivity contribution in [3.8, 4) is 5.75 Å². The summed E-state index contributed by atoms with van der Waals surface area (Å²) in [7, 11) is 1.68. The molecular weight excluding hydrogens is 374 g/mol. The Balaban J connectivity index is 1.62. The van der Waals surface area contributed by atoms with Crippen molar-refractivity contribution < 1.29 is 4.74 Å². The van der Waals surface area contributed by atoms with Crippen LogP contribution in [0.4, 0.5) is 0 Å². The SMILES string of the molecule is COc1ccc2nc(Cc3cc(Cc4ccccc4)nc(SC)n3)sc2c1. The van der Waals surface area contributed by atoms with E-state index >= 15 is 0 Å². The Morgan fingerprint density at radius 2 is 1.70 bits per heavy atom. The van der Waals surface area contributed by atoms with Gasteiger partial charge in [-0.3, -0.25) is 0 Å². The molecule has 0 atom stereocenters. The molecule has 6 heteroatoms. The lowest BCUT2D eigenvalue weighted by Crippen LogP contribution is -2.01. The summed E-state index contributed by atoms with van der Waals surface area (Å²) in [5.41, 5.74) is 4.30. The monoisotopic (exact) mass is 393 g/mol. The molecule has 4 rings (SSSR count). The second-order valence-electron chi connectivity index (χ2n) is 6.12. The maximum absolute atomic E-state index is 5.31. The van der Waals surface area contributed by atoms with E-state index in [2.05, 4.69) is 40.3 Å². The van der Waals surface area contributed by atoms with Crippen molar-refractivity contribution >= 4 is 33.3 Å². The molecule has 0 amide bonds. The first kappa shape index (κ1) is 17.9. The molecule has 27 heavy (non-hydrogen) atoms. The number of aromatic nitrogens is 3. The molecule has 0 aliphatic rings. The predicted octanol–water partition coefficient (Wildman–Crippen LogP) is 5.00. The molecule has 4 nitrogen and oxygen atoms in total.